The molecule has 0 aliphatic carbocycles. The fraction of sp³-hybridized carbons (Fsp3) is 0.143. The summed E-state index contributed by atoms with van der Waals surface area (Å²) in [6, 6.07) is 9.46. The predicted molar refractivity (Wildman–Crippen MR) is 80.9 cm³/mol. The second kappa shape index (κ2) is 4.92. The van der Waals surface area contributed by atoms with E-state index in [1.807, 2.05) is 37.3 Å². The summed E-state index contributed by atoms with van der Waals surface area (Å²) >= 11 is 1.42. The van der Waals surface area contributed by atoms with Crippen molar-refractivity contribution in [1.29, 1.82) is 0 Å². The molecule has 0 unspecified atom stereocenters. The average molecular weight is 313 g/mol. The average Bonchev–Trinajstić information content (AvgIpc) is 3.22. The molecule has 0 radical (unpaired) electrons. The minimum Gasteiger partial charge on any atom is -0.497 e. The molecule has 3 aromatic heterocycles. The van der Waals surface area contributed by atoms with Crippen molar-refractivity contribution in [3.05, 3.63) is 36.1 Å². The highest BCUT2D eigenvalue weighted by atomic mass is 32.1. The fourth-order valence-corrected chi connectivity index (χ4v) is 2.90. The molecule has 1 aromatic carbocycles. The molecule has 4 aromatic rings. The van der Waals surface area contributed by atoms with E-state index < -0.39 is 0 Å². The first kappa shape index (κ1) is 13.0. The summed E-state index contributed by atoms with van der Waals surface area (Å²) in [7, 11) is 1.64. The Bertz CT molecular complexity index is 938. The van der Waals surface area contributed by atoms with Crippen LogP contribution in [0.5, 0.6) is 5.75 Å². The summed E-state index contributed by atoms with van der Waals surface area (Å²) in [6.07, 6.45) is 0. The van der Waals surface area contributed by atoms with E-state index in [2.05, 4.69) is 20.5 Å². The van der Waals surface area contributed by atoms with Crippen molar-refractivity contribution in [2.45, 2.75) is 6.92 Å². The Morgan fingerprint density at radius 2 is 2.00 bits per heavy atom. The molecular weight excluding hydrogens is 302 g/mol. The van der Waals surface area contributed by atoms with Gasteiger partial charge in [-0.15, -0.1) is 10.2 Å². The van der Waals surface area contributed by atoms with Crippen LogP contribution in [0.1, 0.15) is 5.76 Å². The number of hydrogen-bond acceptors (Lipinski definition) is 7. The molecule has 3 heterocycles. The molecular formula is C14H11N5O2S. The molecule has 4 rings (SSSR count). The highest BCUT2D eigenvalue weighted by molar-refractivity contribution is 7.19. The van der Waals surface area contributed by atoms with Gasteiger partial charge in [0.25, 0.3) is 0 Å². The van der Waals surface area contributed by atoms with E-state index in [-0.39, 0.29) is 0 Å². The van der Waals surface area contributed by atoms with Gasteiger partial charge in [0, 0.05) is 11.6 Å². The van der Waals surface area contributed by atoms with Gasteiger partial charge in [-0.25, -0.2) is 0 Å². The van der Waals surface area contributed by atoms with Gasteiger partial charge in [0.15, 0.2) is 10.8 Å². The van der Waals surface area contributed by atoms with Crippen LogP contribution in [-0.2, 0) is 0 Å². The van der Waals surface area contributed by atoms with Crippen LogP contribution in [0, 0.1) is 6.92 Å². The van der Waals surface area contributed by atoms with E-state index in [1.165, 1.54) is 11.3 Å². The number of benzene rings is 1. The second-order valence-electron chi connectivity index (χ2n) is 4.68. The Morgan fingerprint density at radius 1 is 1.18 bits per heavy atom. The van der Waals surface area contributed by atoms with Gasteiger partial charge < -0.3 is 9.26 Å². The molecule has 0 saturated carbocycles. The van der Waals surface area contributed by atoms with E-state index in [0.29, 0.717) is 16.5 Å². The maximum absolute atomic E-state index is 5.16. The van der Waals surface area contributed by atoms with Gasteiger partial charge in [-0.1, -0.05) is 16.5 Å². The van der Waals surface area contributed by atoms with Crippen LogP contribution in [0.15, 0.2) is 34.9 Å². The van der Waals surface area contributed by atoms with E-state index in [0.717, 1.165) is 22.1 Å². The third-order valence-electron chi connectivity index (χ3n) is 3.19. The Labute approximate surface area is 129 Å². The van der Waals surface area contributed by atoms with Crippen LogP contribution >= 0.6 is 11.3 Å². The lowest BCUT2D eigenvalue weighted by molar-refractivity contribution is 0.399. The predicted octanol–water partition coefficient (Wildman–Crippen LogP) is 2.82. The van der Waals surface area contributed by atoms with Gasteiger partial charge in [0.05, 0.1) is 7.11 Å². The van der Waals surface area contributed by atoms with Crippen LogP contribution < -0.4 is 4.74 Å². The van der Waals surface area contributed by atoms with Gasteiger partial charge in [0.2, 0.25) is 4.96 Å². The minimum absolute atomic E-state index is 0.681. The summed E-state index contributed by atoms with van der Waals surface area (Å²) in [5.41, 5.74) is 1.62. The normalized spacial score (nSPS) is 11.2. The van der Waals surface area contributed by atoms with Gasteiger partial charge in [0.1, 0.15) is 17.2 Å². The summed E-state index contributed by atoms with van der Waals surface area (Å²) in [6.45, 7) is 1.85. The Kier molecular flexibility index (Phi) is 2.90. The molecule has 7 nitrogen and oxygen atoms in total. The number of methoxy groups -OCH3 is 1. The molecule has 0 saturated heterocycles. The van der Waals surface area contributed by atoms with Crippen molar-refractivity contribution in [2.75, 3.05) is 7.11 Å². The van der Waals surface area contributed by atoms with Crippen molar-refractivity contribution in [3.8, 4) is 27.8 Å². The number of hydrogen-bond donors (Lipinski definition) is 0. The molecule has 0 bridgehead atoms. The number of ether oxygens (including phenoxy) is 1. The topological polar surface area (TPSA) is 78.3 Å². The third-order valence-corrected chi connectivity index (χ3v) is 4.11. The third kappa shape index (κ3) is 2.04. The summed E-state index contributed by atoms with van der Waals surface area (Å²) in [5, 5.41) is 17.6. The SMILES string of the molecule is COc1ccc(-c2nnc3sc(-c4cc(C)on4)nn23)cc1. The number of aryl methyl sites for hydroxylation is 1. The molecule has 0 aliphatic heterocycles. The number of aromatic nitrogens is 5. The van der Waals surface area contributed by atoms with Crippen LogP contribution in [0.25, 0.3) is 27.1 Å². The fourth-order valence-electron chi connectivity index (χ4n) is 2.11. The molecule has 0 fully saturated rings. The highest BCUT2D eigenvalue weighted by Gasteiger charge is 2.16. The van der Waals surface area contributed by atoms with E-state index in [9.17, 15) is 0 Å². The van der Waals surface area contributed by atoms with E-state index in [1.54, 1.807) is 11.6 Å². The Balaban J connectivity index is 1.79. The molecule has 0 spiro atoms. The minimum atomic E-state index is 0.681. The number of fused-ring (bicyclic) bond motifs is 1. The van der Waals surface area contributed by atoms with Gasteiger partial charge in [-0.2, -0.15) is 9.61 Å². The largest absolute Gasteiger partial charge is 0.497 e. The summed E-state index contributed by atoms with van der Waals surface area (Å²) < 4.78 is 12.0. The lowest BCUT2D eigenvalue weighted by Crippen LogP contribution is -1.91. The van der Waals surface area contributed by atoms with E-state index >= 15 is 0 Å². The molecule has 110 valence electrons. The van der Waals surface area contributed by atoms with Crippen LogP contribution in [0.2, 0.25) is 0 Å². The highest BCUT2D eigenvalue weighted by Crippen LogP contribution is 2.28. The standard InChI is InChI=1S/C14H11N5O2S/c1-8-7-11(18-21-8)13-17-19-12(15-16-14(19)22-13)9-3-5-10(20-2)6-4-9/h3-7H,1-2H3. The lowest BCUT2D eigenvalue weighted by atomic mass is 10.2. The van der Waals surface area contributed by atoms with Crippen molar-refractivity contribution in [3.63, 3.8) is 0 Å². The Morgan fingerprint density at radius 3 is 2.68 bits per heavy atom. The maximum atomic E-state index is 5.16. The van der Waals surface area contributed by atoms with Gasteiger partial charge in [-0.05, 0) is 31.2 Å². The number of nitrogens with zero attached hydrogens (tertiary/aromatic N) is 5. The van der Waals surface area contributed by atoms with Crippen molar-refractivity contribution >= 4 is 16.3 Å². The molecule has 0 amide bonds. The van der Waals surface area contributed by atoms with Crippen molar-refractivity contribution < 1.29 is 9.26 Å². The summed E-state index contributed by atoms with van der Waals surface area (Å²) in [5.74, 6) is 2.22. The lowest BCUT2D eigenvalue weighted by Gasteiger charge is -2.00. The zero-order valence-electron chi connectivity index (χ0n) is 11.8. The second-order valence-corrected chi connectivity index (χ2v) is 5.63. The zero-order chi connectivity index (χ0) is 15.1. The van der Waals surface area contributed by atoms with Crippen LogP contribution in [-0.4, -0.2) is 32.1 Å². The van der Waals surface area contributed by atoms with Crippen molar-refractivity contribution in [1.82, 2.24) is 25.0 Å². The molecule has 8 heteroatoms. The monoisotopic (exact) mass is 313 g/mol. The van der Waals surface area contributed by atoms with Gasteiger partial charge >= 0.3 is 0 Å². The first-order valence-corrected chi connectivity index (χ1v) is 7.36. The van der Waals surface area contributed by atoms with Crippen LogP contribution in [0.4, 0.5) is 0 Å². The molecule has 0 atom stereocenters. The quantitative estimate of drug-likeness (QED) is 0.579. The van der Waals surface area contributed by atoms with E-state index in [4.69, 9.17) is 9.26 Å². The smallest absolute Gasteiger partial charge is 0.235 e. The Hall–Kier alpha value is -2.74. The van der Waals surface area contributed by atoms with Crippen LogP contribution in [0.3, 0.4) is 0 Å². The van der Waals surface area contributed by atoms with Gasteiger partial charge in [-0.3, -0.25) is 0 Å². The number of rotatable bonds is 3. The maximum Gasteiger partial charge on any atom is 0.235 e. The first-order chi connectivity index (χ1) is 10.7. The van der Waals surface area contributed by atoms with Crippen molar-refractivity contribution in [2.24, 2.45) is 0 Å². The first-order valence-electron chi connectivity index (χ1n) is 6.55. The summed E-state index contributed by atoms with van der Waals surface area (Å²) in [4.78, 5) is 0.710. The molecule has 22 heavy (non-hydrogen) atoms. The zero-order valence-corrected chi connectivity index (χ0v) is 12.7. The molecule has 0 N–H and O–H groups in total. The molecule has 0 aliphatic rings.